The molecule has 8 heteroatoms. The summed E-state index contributed by atoms with van der Waals surface area (Å²) in [4.78, 5) is 10.5. The number of hydrogen-bond acceptors (Lipinski definition) is 4. The fourth-order valence-corrected chi connectivity index (χ4v) is 2.74. The Labute approximate surface area is 124 Å². The number of nitrogens with zero attached hydrogens (tertiary/aromatic N) is 1. The molecule has 0 aliphatic rings. The zero-order valence-corrected chi connectivity index (χ0v) is 13.1. The van der Waals surface area contributed by atoms with E-state index in [-0.39, 0.29) is 13.0 Å². The molecular weight excluding hydrogens is 296 g/mol. The van der Waals surface area contributed by atoms with Crippen LogP contribution in [-0.2, 0) is 15.0 Å². The quantitative estimate of drug-likeness (QED) is 0.746. The van der Waals surface area contributed by atoms with Gasteiger partial charge < -0.3 is 9.84 Å². The molecule has 0 saturated carbocycles. The fourth-order valence-electron chi connectivity index (χ4n) is 1.65. The Balaban J connectivity index is 2.70. The molecule has 0 bridgehead atoms. The Morgan fingerprint density at radius 2 is 1.95 bits per heavy atom. The van der Waals surface area contributed by atoms with Crippen LogP contribution >= 0.6 is 0 Å². The number of carboxylic acid groups (broad SMARTS) is 1. The van der Waals surface area contributed by atoms with E-state index in [4.69, 9.17) is 9.84 Å². The number of hydrogen-bond donors (Lipinski definition) is 2. The Morgan fingerprint density at radius 3 is 2.43 bits per heavy atom. The lowest BCUT2D eigenvalue weighted by Gasteiger charge is -2.21. The molecule has 7 nitrogen and oxygen atoms in total. The topological polar surface area (TPSA) is 95.9 Å². The predicted molar refractivity (Wildman–Crippen MR) is 78.3 cm³/mol. The van der Waals surface area contributed by atoms with Gasteiger partial charge in [0.05, 0.1) is 13.5 Å². The first-order valence-corrected chi connectivity index (χ1v) is 7.79. The lowest BCUT2D eigenvalue weighted by molar-refractivity contribution is -0.137. The van der Waals surface area contributed by atoms with E-state index in [9.17, 15) is 13.2 Å². The normalized spacial score (nSPS) is 13.1. The maximum absolute atomic E-state index is 12.0. The van der Waals surface area contributed by atoms with E-state index in [1.807, 2.05) is 0 Å². The summed E-state index contributed by atoms with van der Waals surface area (Å²) in [5, 5.41) is 8.58. The van der Waals surface area contributed by atoms with E-state index in [2.05, 4.69) is 4.72 Å². The average Bonchev–Trinajstić information content (AvgIpc) is 2.44. The molecule has 0 heterocycles. The van der Waals surface area contributed by atoms with E-state index in [0.717, 1.165) is 9.87 Å². The van der Waals surface area contributed by atoms with Crippen LogP contribution in [0.1, 0.15) is 24.9 Å². The van der Waals surface area contributed by atoms with Gasteiger partial charge >= 0.3 is 5.97 Å². The Bertz CT molecular complexity index is 571. The van der Waals surface area contributed by atoms with Crippen LogP contribution in [0, 0.1) is 0 Å². The lowest BCUT2D eigenvalue weighted by Crippen LogP contribution is -2.40. The Kier molecular flexibility index (Phi) is 6.13. The van der Waals surface area contributed by atoms with Gasteiger partial charge in [-0.3, -0.25) is 4.79 Å². The molecule has 0 aliphatic heterocycles. The first-order chi connectivity index (χ1) is 9.76. The van der Waals surface area contributed by atoms with Crippen LogP contribution in [0.25, 0.3) is 0 Å². The molecule has 0 fully saturated rings. The van der Waals surface area contributed by atoms with Crippen molar-refractivity contribution in [3.8, 4) is 5.75 Å². The molecule has 1 unspecified atom stereocenters. The number of methoxy groups -OCH3 is 1. The second-order valence-electron chi connectivity index (χ2n) is 4.58. The van der Waals surface area contributed by atoms with Crippen LogP contribution < -0.4 is 9.46 Å². The predicted octanol–water partition coefficient (Wildman–Crippen LogP) is 0.997. The van der Waals surface area contributed by atoms with Crippen LogP contribution in [0.2, 0.25) is 0 Å². The van der Waals surface area contributed by atoms with Crippen LogP contribution in [0.15, 0.2) is 24.3 Å². The van der Waals surface area contributed by atoms with Crippen molar-refractivity contribution in [2.75, 3.05) is 20.7 Å². The Hall–Kier alpha value is -1.64. The molecule has 0 aliphatic carbocycles. The van der Waals surface area contributed by atoms with E-state index >= 15 is 0 Å². The number of carboxylic acids is 1. The Morgan fingerprint density at radius 1 is 1.38 bits per heavy atom. The van der Waals surface area contributed by atoms with Crippen molar-refractivity contribution in [3.05, 3.63) is 29.8 Å². The van der Waals surface area contributed by atoms with Gasteiger partial charge in [-0.05, 0) is 24.6 Å². The number of carbonyl (C=O) groups is 1. The monoisotopic (exact) mass is 316 g/mol. The van der Waals surface area contributed by atoms with Gasteiger partial charge in [-0.2, -0.15) is 17.4 Å². The third-order valence-electron chi connectivity index (χ3n) is 2.99. The summed E-state index contributed by atoms with van der Waals surface area (Å²) in [5.41, 5.74) is 0.783. The van der Waals surface area contributed by atoms with Gasteiger partial charge in [0.2, 0.25) is 0 Å². The molecule has 0 spiro atoms. The molecule has 0 radical (unpaired) electrons. The molecule has 2 N–H and O–H groups in total. The first kappa shape index (κ1) is 17.4. The summed E-state index contributed by atoms with van der Waals surface area (Å²) in [5.74, 6) is -0.354. The minimum Gasteiger partial charge on any atom is -0.497 e. The molecule has 21 heavy (non-hydrogen) atoms. The number of nitrogens with one attached hydrogen (secondary N) is 1. The van der Waals surface area contributed by atoms with Crippen molar-refractivity contribution in [1.29, 1.82) is 0 Å². The van der Waals surface area contributed by atoms with E-state index in [1.165, 1.54) is 7.05 Å². The van der Waals surface area contributed by atoms with E-state index in [0.29, 0.717) is 5.75 Å². The van der Waals surface area contributed by atoms with Gasteiger partial charge in [-0.1, -0.05) is 12.1 Å². The molecule has 1 aromatic carbocycles. The SMILES string of the molecule is COc1ccc(C(C)NS(=O)(=O)N(C)CCC(=O)O)cc1. The van der Waals surface area contributed by atoms with Crippen molar-refractivity contribution >= 4 is 16.2 Å². The first-order valence-electron chi connectivity index (χ1n) is 6.35. The number of rotatable bonds is 8. The van der Waals surface area contributed by atoms with Gasteiger partial charge in [-0.15, -0.1) is 0 Å². The number of benzene rings is 1. The van der Waals surface area contributed by atoms with Gasteiger partial charge in [0, 0.05) is 19.6 Å². The maximum Gasteiger partial charge on any atom is 0.304 e. The molecule has 0 amide bonds. The number of ether oxygens (including phenoxy) is 1. The minimum atomic E-state index is -3.73. The van der Waals surface area contributed by atoms with Crippen molar-refractivity contribution in [2.45, 2.75) is 19.4 Å². The zero-order chi connectivity index (χ0) is 16.0. The van der Waals surface area contributed by atoms with Crippen LogP contribution in [0.3, 0.4) is 0 Å². The van der Waals surface area contributed by atoms with Crippen molar-refractivity contribution in [2.24, 2.45) is 0 Å². The summed E-state index contributed by atoms with van der Waals surface area (Å²) >= 11 is 0. The molecule has 118 valence electrons. The maximum atomic E-state index is 12.0. The molecule has 1 atom stereocenters. The average molecular weight is 316 g/mol. The summed E-state index contributed by atoms with van der Waals surface area (Å²) in [6, 6.07) is 6.59. The third-order valence-corrected chi connectivity index (χ3v) is 4.65. The second kappa shape index (κ2) is 7.39. The zero-order valence-electron chi connectivity index (χ0n) is 12.2. The molecule has 0 aromatic heterocycles. The molecular formula is C13H20N2O5S. The second-order valence-corrected chi connectivity index (χ2v) is 6.39. The lowest BCUT2D eigenvalue weighted by atomic mass is 10.1. The van der Waals surface area contributed by atoms with Crippen LogP contribution in [-0.4, -0.2) is 44.5 Å². The van der Waals surface area contributed by atoms with Gasteiger partial charge in [-0.25, -0.2) is 0 Å². The summed E-state index contributed by atoms with van der Waals surface area (Å²) in [6.45, 7) is 1.63. The van der Waals surface area contributed by atoms with Gasteiger partial charge in [0.25, 0.3) is 10.2 Å². The smallest absolute Gasteiger partial charge is 0.304 e. The van der Waals surface area contributed by atoms with Crippen molar-refractivity contribution < 1.29 is 23.1 Å². The molecule has 0 saturated heterocycles. The standard InChI is InChI=1S/C13H20N2O5S/c1-10(11-4-6-12(20-3)7-5-11)14-21(18,19)15(2)9-8-13(16)17/h4-7,10,14H,8-9H2,1-3H3,(H,16,17). The summed E-state index contributed by atoms with van der Waals surface area (Å²) in [6.07, 6.45) is -0.242. The number of aliphatic carboxylic acids is 1. The summed E-state index contributed by atoms with van der Waals surface area (Å²) in [7, 11) is -0.837. The highest BCUT2D eigenvalue weighted by molar-refractivity contribution is 7.87. The minimum absolute atomic E-state index is 0.0833. The highest BCUT2D eigenvalue weighted by atomic mass is 32.2. The highest BCUT2D eigenvalue weighted by Crippen LogP contribution is 2.18. The molecule has 1 rings (SSSR count). The largest absolute Gasteiger partial charge is 0.497 e. The summed E-state index contributed by atoms with van der Waals surface area (Å²) < 4.78 is 32.6. The van der Waals surface area contributed by atoms with E-state index in [1.54, 1.807) is 38.3 Å². The molecule has 1 aromatic rings. The van der Waals surface area contributed by atoms with Crippen LogP contribution in [0.5, 0.6) is 5.75 Å². The third kappa shape index (κ3) is 5.33. The van der Waals surface area contributed by atoms with E-state index < -0.39 is 22.2 Å². The van der Waals surface area contributed by atoms with Crippen LogP contribution in [0.4, 0.5) is 0 Å². The van der Waals surface area contributed by atoms with Crippen molar-refractivity contribution in [3.63, 3.8) is 0 Å². The van der Waals surface area contributed by atoms with Crippen molar-refractivity contribution in [1.82, 2.24) is 9.03 Å². The van der Waals surface area contributed by atoms with Gasteiger partial charge in [0.15, 0.2) is 0 Å². The van der Waals surface area contributed by atoms with Gasteiger partial charge in [0.1, 0.15) is 5.75 Å². The highest BCUT2D eigenvalue weighted by Gasteiger charge is 2.21. The fraction of sp³-hybridized carbons (Fsp3) is 0.462.